The maximum Gasteiger partial charge on any atom is 0.264 e. The molecule has 1 unspecified atom stereocenters. The van der Waals surface area contributed by atoms with E-state index >= 15 is 0 Å². The fourth-order valence-corrected chi connectivity index (χ4v) is 5.51. The van der Waals surface area contributed by atoms with Gasteiger partial charge in [0.25, 0.3) is 15.9 Å². The summed E-state index contributed by atoms with van der Waals surface area (Å²) in [6.07, 6.45) is -0.995. The third-order valence-electron chi connectivity index (χ3n) is 5.75. The Morgan fingerprint density at radius 3 is 2.29 bits per heavy atom. The molecule has 1 N–H and O–H groups in total. The van der Waals surface area contributed by atoms with Crippen molar-refractivity contribution in [2.45, 2.75) is 38.7 Å². The second kappa shape index (κ2) is 10.00. The van der Waals surface area contributed by atoms with Gasteiger partial charge >= 0.3 is 0 Å². The molecule has 1 aliphatic heterocycles. The lowest BCUT2D eigenvalue weighted by Crippen LogP contribution is -2.51. The summed E-state index contributed by atoms with van der Waals surface area (Å²) in [4.78, 5) is 13.1. The smallest absolute Gasteiger partial charge is 0.264 e. The third-order valence-corrected chi connectivity index (χ3v) is 7.55. The van der Waals surface area contributed by atoms with Gasteiger partial charge < -0.3 is 14.8 Å². The molecule has 0 saturated heterocycles. The number of hydrogen-bond acceptors (Lipinski definition) is 5. The average molecular weight is 495 g/mol. The summed E-state index contributed by atoms with van der Waals surface area (Å²) >= 11 is 0. The van der Waals surface area contributed by atoms with Gasteiger partial charge in [-0.05, 0) is 80.8 Å². The van der Waals surface area contributed by atoms with Crippen LogP contribution in [0.15, 0.2) is 65.6 Å². The molecule has 4 rings (SSSR count). The van der Waals surface area contributed by atoms with E-state index in [1.54, 1.807) is 36.4 Å². The molecule has 7 nitrogen and oxygen atoms in total. The van der Waals surface area contributed by atoms with Crippen molar-refractivity contribution in [1.29, 1.82) is 0 Å². The van der Waals surface area contributed by atoms with Gasteiger partial charge in [-0.1, -0.05) is 29.8 Å². The second-order valence-corrected chi connectivity index (χ2v) is 10.8. The van der Waals surface area contributed by atoms with E-state index in [4.69, 9.17) is 9.47 Å². The number of nitrogens with one attached hydrogen (secondary N) is 1. The highest BCUT2D eigenvalue weighted by Gasteiger charge is 2.37. The summed E-state index contributed by atoms with van der Waals surface area (Å²) in [5, 5.41) is 2.81. The third kappa shape index (κ3) is 5.59. The van der Waals surface area contributed by atoms with E-state index in [0.717, 1.165) is 28.0 Å². The van der Waals surface area contributed by atoms with Gasteiger partial charge in [-0.15, -0.1) is 0 Å². The van der Waals surface area contributed by atoms with Crippen LogP contribution in [0.4, 0.5) is 5.69 Å². The van der Waals surface area contributed by atoms with Crippen molar-refractivity contribution in [3.8, 4) is 11.5 Å². The highest BCUT2D eigenvalue weighted by molar-refractivity contribution is 7.92. The van der Waals surface area contributed by atoms with Gasteiger partial charge in [0.15, 0.2) is 6.10 Å². The molecule has 3 aromatic carbocycles. The first kappa shape index (κ1) is 24.6. The zero-order chi connectivity index (χ0) is 25.2. The summed E-state index contributed by atoms with van der Waals surface area (Å²) in [5.74, 6) is 0.703. The van der Waals surface area contributed by atoms with Crippen LogP contribution in [-0.4, -0.2) is 40.1 Å². The fraction of sp³-hybridized carbons (Fsp3) is 0.296. The molecule has 0 aliphatic carbocycles. The molecule has 1 amide bonds. The van der Waals surface area contributed by atoms with Gasteiger partial charge in [0, 0.05) is 0 Å². The predicted octanol–water partition coefficient (Wildman–Crippen LogP) is 4.07. The predicted molar refractivity (Wildman–Crippen MR) is 136 cm³/mol. The van der Waals surface area contributed by atoms with E-state index < -0.39 is 22.0 Å². The first-order chi connectivity index (χ1) is 16.6. The lowest BCUT2D eigenvalue weighted by molar-refractivity contribution is -0.127. The van der Waals surface area contributed by atoms with E-state index in [0.29, 0.717) is 11.4 Å². The van der Waals surface area contributed by atoms with Crippen LogP contribution >= 0.6 is 0 Å². The molecule has 0 radical (unpaired) electrons. The van der Waals surface area contributed by atoms with Crippen molar-refractivity contribution in [2.75, 3.05) is 24.0 Å². The number of aryl methyl sites for hydroxylation is 4. The van der Waals surface area contributed by atoms with Crippen molar-refractivity contribution in [1.82, 2.24) is 5.32 Å². The number of amides is 1. The summed E-state index contributed by atoms with van der Waals surface area (Å²) in [5.41, 5.74) is 4.48. The molecule has 1 heterocycles. The first-order valence-corrected chi connectivity index (χ1v) is 12.9. The quantitative estimate of drug-likeness (QED) is 0.501. The van der Waals surface area contributed by atoms with Gasteiger partial charge in [0.05, 0.1) is 23.7 Å². The highest BCUT2D eigenvalue weighted by atomic mass is 32.2. The Hall–Kier alpha value is -3.52. The number of ether oxygens (including phenoxy) is 2. The first-order valence-electron chi connectivity index (χ1n) is 11.5. The molecular weight excluding hydrogens is 464 g/mol. The van der Waals surface area contributed by atoms with Gasteiger partial charge in [0.2, 0.25) is 0 Å². The van der Waals surface area contributed by atoms with Crippen LogP contribution in [0.3, 0.4) is 0 Å². The van der Waals surface area contributed by atoms with Crippen molar-refractivity contribution in [2.24, 2.45) is 0 Å². The molecular formula is C27H30N2O5S. The summed E-state index contributed by atoms with van der Waals surface area (Å²) < 4.78 is 40.0. The Morgan fingerprint density at radius 2 is 1.60 bits per heavy atom. The number of carbonyl (C=O) groups is 1. The Balaban J connectivity index is 1.48. The Bertz CT molecular complexity index is 1320. The molecule has 1 aliphatic rings. The van der Waals surface area contributed by atoms with Crippen molar-refractivity contribution in [3.63, 3.8) is 0 Å². The highest BCUT2D eigenvalue weighted by Crippen LogP contribution is 2.37. The fourth-order valence-electron chi connectivity index (χ4n) is 4.04. The Kier molecular flexibility index (Phi) is 7.03. The second-order valence-electron chi connectivity index (χ2n) is 8.89. The molecule has 0 spiro atoms. The normalized spacial score (nSPS) is 15.2. The molecule has 0 bridgehead atoms. The number of fused-ring (bicyclic) bond motifs is 1. The summed E-state index contributed by atoms with van der Waals surface area (Å²) in [6.45, 7) is 8.19. The topological polar surface area (TPSA) is 84.9 Å². The lowest BCUT2D eigenvalue weighted by Gasteiger charge is -2.35. The number of rotatable bonds is 7. The van der Waals surface area contributed by atoms with Gasteiger partial charge in [-0.25, -0.2) is 8.42 Å². The molecule has 184 valence electrons. The van der Waals surface area contributed by atoms with Gasteiger partial charge in [-0.3, -0.25) is 9.10 Å². The number of anilines is 1. The summed E-state index contributed by atoms with van der Waals surface area (Å²) in [6, 6.07) is 17.9. The van der Waals surface area contributed by atoms with E-state index in [1.807, 2.05) is 45.9 Å². The van der Waals surface area contributed by atoms with Crippen molar-refractivity contribution < 1.29 is 22.7 Å². The van der Waals surface area contributed by atoms with Crippen LogP contribution in [0.2, 0.25) is 0 Å². The number of carbonyl (C=O) groups excluding carboxylic acids is 1. The minimum absolute atomic E-state index is 0.129. The van der Waals surface area contributed by atoms with Crippen LogP contribution in [0, 0.1) is 27.7 Å². The van der Waals surface area contributed by atoms with Crippen LogP contribution in [0.25, 0.3) is 0 Å². The van der Waals surface area contributed by atoms with E-state index in [9.17, 15) is 13.2 Å². The Labute approximate surface area is 206 Å². The van der Waals surface area contributed by atoms with Crippen LogP contribution < -0.4 is 19.1 Å². The zero-order valence-corrected chi connectivity index (χ0v) is 21.2. The van der Waals surface area contributed by atoms with Crippen LogP contribution in [0.1, 0.15) is 22.3 Å². The number of sulfonamides is 1. The minimum Gasteiger partial charge on any atom is -0.492 e. The SMILES string of the molecule is Cc1ccc(S(=O)(=O)N2CC(C(=O)NCCOc3cc(C)cc(C)c3)Oc3cc(C)ccc32)cc1. The molecule has 0 saturated carbocycles. The zero-order valence-electron chi connectivity index (χ0n) is 20.4. The average Bonchev–Trinajstić information content (AvgIpc) is 2.80. The van der Waals surface area contributed by atoms with E-state index in [-0.39, 0.29) is 24.6 Å². The lowest BCUT2D eigenvalue weighted by atomic mass is 10.1. The maximum atomic E-state index is 13.5. The monoisotopic (exact) mass is 494 g/mol. The standard InChI is InChI=1S/C27H30N2O5S/c1-18-5-8-23(9-6-18)35(31,32)29-17-26(34-25-16-19(2)7-10-24(25)29)27(30)28-11-12-33-22-14-20(3)13-21(4)15-22/h5-10,13-16,26H,11-12,17H2,1-4H3,(H,28,30). The number of benzene rings is 3. The molecule has 1 atom stereocenters. The largest absolute Gasteiger partial charge is 0.492 e. The molecule has 0 aromatic heterocycles. The van der Waals surface area contributed by atoms with E-state index in [2.05, 4.69) is 11.4 Å². The van der Waals surface area contributed by atoms with Crippen LogP contribution in [0.5, 0.6) is 11.5 Å². The summed E-state index contributed by atoms with van der Waals surface area (Å²) in [7, 11) is -3.89. The molecule has 35 heavy (non-hydrogen) atoms. The molecule has 0 fully saturated rings. The van der Waals surface area contributed by atoms with E-state index in [1.165, 1.54) is 4.31 Å². The molecule has 3 aromatic rings. The maximum absolute atomic E-state index is 13.5. The van der Waals surface area contributed by atoms with Crippen molar-refractivity contribution >= 4 is 21.6 Å². The number of hydrogen-bond donors (Lipinski definition) is 1. The van der Waals surface area contributed by atoms with Gasteiger partial charge in [-0.2, -0.15) is 0 Å². The minimum atomic E-state index is -3.89. The Morgan fingerprint density at radius 1 is 0.943 bits per heavy atom. The van der Waals surface area contributed by atoms with Crippen LogP contribution in [-0.2, 0) is 14.8 Å². The van der Waals surface area contributed by atoms with Gasteiger partial charge in [0.1, 0.15) is 18.1 Å². The number of nitrogens with zero attached hydrogens (tertiary/aromatic N) is 1. The molecule has 8 heteroatoms. The van der Waals surface area contributed by atoms with Crippen molar-refractivity contribution in [3.05, 3.63) is 82.9 Å².